The predicted molar refractivity (Wildman–Crippen MR) is 78.6 cm³/mol. The molecule has 1 heterocycles. The number of rotatable bonds is 7. The smallest absolute Gasteiger partial charge is 0.211 e. The number of nitrogens with one attached hydrogen (secondary N) is 1. The zero-order valence-corrected chi connectivity index (χ0v) is 12.5. The molecule has 19 heavy (non-hydrogen) atoms. The van der Waals surface area contributed by atoms with Crippen molar-refractivity contribution in [1.29, 1.82) is 0 Å². The van der Waals surface area contributed by atoms with Gasteiger partial charge in [0, 0.05) is 19.6 Å². The van der Waals surface area contributed by atoms with Gasteiger partial charge < -0.3 is 11.1 Å². The summed E-state index contributed by atoms with van der Waals surface area (Å²) in [5.41, 5.74) is 7.14. The lowest BCUT2D eigenvalue weighted by atomic mass is 10.3. The van der Waals surface area contributed by atoms with Crippen molar-refractivity contribution in [2.24, 2.45) is 0 Å². The number of hydrogen-bond acceptors (Lipinski definition) is 5. The van der Waals surface area contributed by atoms with Crippen LogP contribution in [-0.2, 0) is 10.0 Å². The first-order valence-electron chi connectivity index (χ1n) is 6.26. The lowest BCUT2D eigenvalue weighted by Gasteiger charge is -2.17. The van der Waals surface area contributed by atoms with Gasteiger partial charge in [0.05, 0.1) is 17.6 Å². The minimum atomic E-state index is -3.10. The van der Waals surface area contributed by atoms with Crippen LogP contribution in [0.3, 0.4) is 0 Å². The minimum absolute atomic E-state index is 0.498. The van der Waals surface area contributed by atoms with Gasteiger partial charge in [0.2, 0.25) is 10.0 Å². The van der Waals surface area contributed by atoms with E-state index in [0.29, 0.717) is 25.3 Å². The molecule has 0 radical (unpaired) electrons. The molecule has 6 nitrogen and oxygen atoms in total. The SMILES string of the molecule is CCN(CCCNc1ccc(N)c(C)n1)S(C)(=O)=O. The number of aryl methyl sites for hydroxylation is 1. The molecule has 1 rings (SSSR count). The van der Waals surface area contributed by atoms with Gasteiger partial charge in [-0.25, -0.2) is 17.7 Å². The molecule has 0 fully saturated rings. The second kappa shape index (κ2) is 6.72. The van der Waals surface area contributed by atoms with E-state index >= 15 is 0 Å². The predicted octanol–water partition coefficient (Wildman–Crippen LogP) is 1.06. The second-order valence-electron chi connectivity index (χ2n) is 4.41. The topological polar surface area (TPSA) is 88.3 Å². The minimum Gasteiger partial charge on any atom is -0.397 e. The van der Waals surface area contributed by atoms with E-state index in [1.807, 2.05) is 19.9 Å². The van der Waals surface area contributed by atoms with E-state index in [1.165, 1.54) is 10.6 Å². The Bertz CT molecular complexity index is 516. The number of anilines is 2. The van der Waals surface area contributed by atoms with E-state index in [0.717, 1.165) is 17.9 Å². The van der Waals surface area contributed by atoms with Crippen LogP contribution in [0.15, 0.2) is 12.1 Å². The summed E-state index contributed by atoms with van der Waals surface area (Å²) in [4.78, 5) is 4.29. The molecule has 0 aromatic carbocycles. The summed E-state index contributed by atoms with van der Waals surface area (Å²) in [6.07, 6.45) is 1.96. The lowest BCUT2D eigenvalue weighted by Crippen LogP contribution is -2.31. The van der Waals surface area contributed by atoms with Crippen molar-refractivity contribution in [2.75, 3.05) is 36.9 Å². The second-order valence-corrected chi connectivity index (χ2v) is 6.39. The maximum absolute atomic E-state index is 11.4. The molecule has 0 atom stereocenters. The van der Waals surface area contributed by atoms with Crippen LogP contribution in [0, 0.1) is 6.92 Å². The molecule has 1 aromatic rings. The van der Waals surface area contributed by atoms with E-state index < -0.39 is 10.0 Å². The van der Waals surface area contributed by atoms with E-state index in [4.69, 9.17) is 5.73 Å². The van der Waals surface area contributed by atoms with Gasteiger partial charge >= 0.3 is 0 Å². The van der Waals surface area contributed by atoms with E-state index in [2.05, 4.69) is 10.3 Å². The molecule has 0 saturated heterocycles. The molecular formula is C12H22N4O2S. The van der Waals surface area contributed by atoms with Gasteiger partial charge in [0.15, 0.2) is 0 Å². The van der Waals surface area contributed by atoms with Gasteiger partial charge in [-0.2, -0.15) is 0 Å². The first-order chi connectivity index (χ1) is 8.84. The van der Waals surface area contributed by atoms with E-state index in [9.17, 15) is 8.42 Å². The molecule has 0 aliphatic heterocycles. The third-order valence-corrected chi connectivity index (χ3v) is 4.22. The zero-order valence-electron chi connectivity index (χ0n) is 11.7. The number of nitrogens with two attached hydrogens (primary N) is 1. The molecule has 1 aromatic heterocycles. The molecule has 7 heteroatoms. The standard InChI is InChI=1S/C12H22N4O2S/c1-4-16(19(3,17)18)9-5-8-14-12-7-6-11(13)10(2)15-12/h6-7H,4-5,8-9,13H2,1-3H3,(H,14,15). The molecule has 0 saturated carbocycles. The quantitative estimate of drug-likeness (QED) is 0.732. The largest absolute Gasteiger partial charge is 0.397 e. The molecule has 3 N–H and O–H groups in total. The Hall–Kier alpha value is -1.34. The Balaban J connectivity index is 2.40. The molecule has 0 bridgehead atoms. The normalized spacial score (nSPS) is 11.8. The number of nitrogen functional groups attached to an aromatic ring is 1. The zero-order chi connectivity index (χ0) is 14.5. The van der Waals surface area contributed by atoms with Gasteiger partial charge in [0.25, 0.3) is 0 Å². The van der Waals surface area contributed by atoms with Crippen LogP contribution < -0.4 is 11.1 Å². The number of sulfonamides is 1. The van der Waals surface area contributed by atoms with Crippen LogP contribution in [0.4, 0.5) is 11.5 Å². The summed E-state index contributed by atoms with van der Waals surface area (Å²) in [7, 11) is -3.10. The van der Waals surface area contributed by atoms with E-state index in [-0.39, 0.29) is 0 Å². The molecule has 0 spiro atoms. The summed E-state index contributed by atoms with van der Waals surface area (Å²) in [5, 5.41) is 3.16. The highest BCUT2D eigenvalue weighted by Gasteiger charge is 2.12. The van der Waals surface area contributed by atoms with Crippen molar-refractivity contribution in [2.45, 2.75) is 20.3 Å². The fraction of sp³-hybridized carbons (Fsp3) is 0.583. The molecular weight excluding hydrogens is 264 g/mol. The summed E-state index contributed by atoms with van der Waals surface area (Å²) < 4.78 is 24.2. The van der Waals surface area contributed by atoms with Crippen molar-refractivity contribution in [3.05, 3.63) is 17.8 Å². The number of pyridine rings is 1. The Morgan fingerprint density at radius 3 is 2.63 bits per heavy atom. The Labute approximate surface area is 115 Å². The fourth-order valence-electron chi connectivity index (χ4n) is 1.70. The highest BCUT2D eigenvalue weighted by Crippen LogP contribution is 2.11. The average molecular weight is 286 g/mol. The Morgan fingerprint density at radius 1 is 1.42 bits per heavy atom. The van der Waals surface area contributed by atoms with E-state index in [1.54, 1.807) is 6.07 Å². The van der Waals surface area contributed by atoms with Crippen LogP contribution in [0.5, 0.6) is 0 Å². The first kappa shape index (κ1) is 15.7. The molecule has 0 amide bonds. The lowest BCUT2D eigenvalue weighted by molar-refractivity contribution is 0.428. The monoisotopic (exact) mass is 286 g/mol. The van der Waals surface area contributed by atoms with Crippen molar-refractivity contribution >= 4 is 21.5 Å². The number of hydrogen-bond donors (Lipinski definition) is 2. The van der Waals surface area contributed by atoms with Crippen molar-refractivity contribution in [3.8, 4) is 0 Å². The number of nitrogens with zero attached hydrogens (tertiary/aromatic N) is 2. The first-order valence-corrected chi connectivity index (χ1v) is 8.11. The maximum Gasteiger partial charge on any atom is 0.211 e. The Kier molecular flexibility index (Phi) is 5.56. The summed E-state index contributed by atoms with van der Waals surface area (Å²) in [6, 6.07) is 3.62. The van der Waals surface area contributed by atoms with Crippen LogP contribution in [-0.4, -0.2) is 43.6 Å². The van der Waals surface area contributed by atoms with Crippen molar-refractivity contribution in [1.82, 2.24) is 9.29 Å². The molecule has 108 valence electrons. The van der Waals surface area contributed by atoms with Gasteiger partial charge in [-0.15, -0.1) is 0 Å². The van der Waals surface area contributed by atoms with Crippen LogP contribution in [0.1, 0.15) is 19.0 Å². The molecule has 0 aliphatic rings. The maximum atomic E-state index is 11.4. The number of aromatic nitrogens is 1. The third-order valence-electron chi connectivity index (χ3n) is 2.84. The van der Waals surface area contributed by atoms with Crippen LogP contribution in [0.25, 0.3) is 0 Å². The summed E-state index contributed by atoms with van der Waals surface area (Å²) in [5.74, 6) is 0.758. The van der Waals surface area contributed by atoms with Crippen LogP contribution in [0.2, 0.25) is 0 Å². The van der Waals surface area contributed by atoms with Gasteiger partial charge in [-0.3, -0.25) is 0 Å². The molecule has 0 unspecified atom stereocenters. The van der Waals surface area contributed by atoms with Crippen molar-refractivity contribution < 1.29 is 8.42 Å². The summed E-state index contributed by atoms with van der Waals surface area (Å²) in [6.45, 7) is 5.36. The van der Waals surface area contributed by atoms with Crippen LogP contribution >= 0.6 is 0 Å². The van der Waals surface area contributed by atoms with Gasteiger partial charge in [0.1, 0.15) is 5.82 Å². The third kappa shape index (κ3) is 5.04. The highest BCUT2D eigenvalue weighted by molar-refractivity contribution is 7.88. The van der Waals surface area contributed by atoms with Gasteiger partial charge in [-0.1, -0.05) is 6.92 Å². The van der Waals surface area contributed by atoms with Crippen molar-refractivity contribution in [3.63, 3.8) is 0 Å². The fourth-order valence-corrected chi connectivity index (χ4v) is 2.63. The highest BCUT2D eigenvalue weighted by atomic mass is 32.2. The Morgan fingerprint density at radius 2 is 2.11 bits per heavy atom. The van der Waals surface area contributed by atoms with Gasteiger partial charge in [-0.05, 0) is 25.5 Å². The summed E-state index contributed by atoms with van der Waals surface area (Å²) >= 11 is 0. The molecule has 0 aliphatic carbocycles. The average Bonchev–Trinajstić information content (AvgIpc) is 2.32.